The second-order valence-corrected chi connectivity index (χ2v) is 3.06. The number of carboxylic acids is 1. The van der Waals surface area contributed by atoms with Gasteiger partial charge in [-0.2, -0.15) is 0 Å². The molecule has 1 aliphatic heterocycles. The van der Waals surface area contributed by atoms with Gasteiger partial charge in [-0.1, -0.05) is 0 Å². The summed E-state index contributed by atoms with van der Waals surface area (Å²) in [6.07, 6.45) is -0.101. The fraction of sp³-hybridized carbons (Fsp3) is 0.750. The zero-order valence-electron chi connectivity index (χ0n) is 7.41. The Bertz CT molecular complexity index is 219. The Morgan fingerprint density at radius 3 is 2.46 bits per heavy atom. The lowest BCUT2D eigenvalue weighted by atomic mass is 9.83. The van der Waals surface area contributed by atoms with Gasteiger partial charge in [0.15, 0.2) is 0 Å². The number of hydrogen-bond donors (Lipinski definition) is 1. The van der Waals surface area contributed by atoms with Gasteiger partial charge in [-0.15, -0.1) is 0 Å². The number of hydrogen-bond acceptors (Lipinski definition) is 4. The summed E-state index contributed by atoms with van der Waals surface area (Å²) in [7, 11) is 0. The second-order valence-electron chi connectivity index (χ2n) is 3.06. The Morgan fingerprint density at radius 2 is 2.15 bits per heavy atom. The van der Waals surface area contributed by atoms with Crippen LogP contribution in [-0.4, -0.2) is 36.9 Å². The van der Waals surface area contributed by atoms with Crippen LogP contribution in [0.2, 0.25) is 0 Å². The van der Waals surface area contributed by atoms with Crippen LogP contribution in [0.1, 0.15) is 13.3 Å². The van der Waals surface area contributed by atoms with Gasteiger partial charge in [0.2, 0.25) is 0 Å². The maximum absolute atomic E-state index is 11.0. The third-order valence-electron chi connectivity index (χ3n) is 2.00. The zero-order valence-corrected chi connectivity index (χ0v) is 7.41. The molecule has 0 aromatic rings. The predicted molar refractivity (Wildman–Crippen MR) is 42.1 cm³/mol. The molecule has 1 rings (SSSR count). The fourth-order valence-corrected chi connectivity index (χ4v) is 1.14. The van der Waals surface area contributed by atoms with Crippen LogP contribution in [0.4, 0.5) is 0 Å². The molecule has 1 saturated heterocycles. The van der Waals surface area contributed by atoms with Gasteiger partial charge in [-0.05, 0) is 6.92 Å². The van der Waals surface area contributed by atoms with E-state index in [9.17, 15) is 9.59 Å². The molecule has 0 unspecified atom stereocenters. The molecule has 1 fully saturated rings. The number of carbonyl (C=O) groups excluding carboxylic acids is 1. The van der Waals surface area contributed by atoms with Crippen molar-refractivity contribution in [2.24, 2.45) is 5.41 Å². The first-order valence-corrected chi connectivity index (χ1v) is 4.07. The summed E-state index contributed by atoms with van der Waals surface area (Å²) in [6, 6.07) is 0. The van der Waals surface area contributed by atoms with Crippen molar-refractivity contribution in [2.45, 2.75) is 13.3 Å². The van der Waals surface area contributed by atoms with E-state index in [0.717, 1.165) is 0 Å². The lowest BCUT2D eigenvalue weighted by Gasteiger charge is -2.36. The molecular formula is C8H12O5. The van der Waals surface area contributed by atoms with Gasteiger partial charge >= 0.3 is 11.9 Å². The van der Waals surface area contributed by atoms with Crippen LogP contribution in [-0.2, 0) is 19.1 Å². The van der Waals surface area contributed by atoms with Crippen molar-refractivity contribution < 1.29 is 24.2 Å². The molecule has 1 heterocycles. The quantitative estimate of drug-likeness (QED) is 0.630. The minimum atomic E-state index is -1.04. The maximum atomic E-state index is 11.0. The Labute approximate surface area is 75.6 Å². The molecule has 0 aliphatic carbocycles. The molecule has 5 nitrogen and oxygen atoms in total. The monoisotopic (exact) mass is 188 g/mol. The Kier molecular flexibility index (Phi) is 2.87. The van der Waals surface area contributed by atoms with Crippen LogP contribution in [0.15, 0.2) is 0 Å². The normalized spacial score (nSPS) is 18.8. The summed E-state index contributed by atoms with van der Waals surface area (Å²) in [6.45, 7) is 2.15. The zero-order chi connectivity index (χ0) is 9.90. The van der Waals surface area contributed by atoms with E-state index in [1.165, 1.54) is 0 Å². The first kappa shape index (κ1) is 9.98. The number of esters is 1. The van der Waals surface area contributed by atoms with Gasteiger partial charge in [-0.3, -0.25) is 9.59 Å². The van der Waals surface area contributed by atoms with E-state index in [1.54, 1.807) is 6.92 Å². The molecule has 5 heteroatoms. The molecule has 0 saturated carbocycles. The average molecular weight is 188 g/mol. The fourth-order valence-electron chi connectivity index (χ4n) is 1.14. The predicted octanol–water partition coefficient (Wildman–Crippen LogP) is 0.0408. The molecule has 1 N–H and O–H groups in total. The molecule has 13 heavy (non-hydrogen) atoms. The van der Waals surface area contributed by atoms with Gasteiger partial charge in [0.25, 0.3) is 0 Å². The van der Waals surface area contributed by atoms with Crippen LogP contribution >= 0.6 is 0 Å². The van der Waals surface area contributed by atoms with Gasteiger partial charge in [0, 0.05) is 0 Å². The van der Waals surface area contributed by atoms with Gasteiger partial charge in [0.05, 0.1) is 26.2 Å². The van der Waals surface area contributed by atoms with Crippen LogP contribution in [0, 0.1) is 5.41 Å². The van der Waals surface area contributed by atoms with Crippen molar-refractivity contribution in [1.29, 1.82) is 0 Å². The molecule has 0 spiro atoms. The smallest absolute Gasteiger partial charge is 0.314 e. The number of aliphatic carboxylic acids is 1. The first-order valence-electron chi connectivity index (χ1n) is 4.07. The SMILES string of the molecule is CCOC(=O)CC1(C(=O)O)COC1. The lowest BCUT2D eigenvalue weighted by molar-refractivity contribution is -0.187. The third-order valence-corrected chi connectivity index (χ3v) is 2.00. The van der Waals surface area contributed by atoms with E-state index in [0.29, 0.717) is 0 Å². The summed E-state index contributed by atoms with van der Waals surface area (Å²) in [5, 5.41) is 8.81. The van der Waals surface area contributed by atoms with E-state index in [1.807, 2.05) is 0 Å². The second kappa shape index (κ2) is 3.74. The number of carbonyl (C=O) groups is 2. The number of rotatable bonds is 4. The van der Waals surface area contributed by atoms with Crippen molar-refractivity contribution >= 4 is 11.9 Å². The van der Waals surface area contributed by atoms with Crippen molar-refractivity contribution in [3.05, 3.63) is 0 Å². The molecule has 0 amide bonds. The van der Waals surface area contributed by atoms with Gasteiger partial charge < -0.3 is 14.6 Å². The van der Waals surface area contributed by atoms with Crippen molar-refractivity contribution in [2.75, 3.05) is 19.8 Å². The first-order chi connectivity index (χ1) is 6.10. The molecular weight excluding hydrogens is 176 g/mol. The molecule has 0 aromatic heterocycles. The van der Waals surface area contributed by atoms with E-state index in [4.69, 9.17) is 9.84 Å². The largest absolute Gasteiger partial charge is 0.481 e. The number of carboxylic acid groups (broad SMARTS) is 1. The highest BCUT2D eigenvalue weighted by molar-refractivity contribution is 5.83. The highest BCUT2D eigenvalue weighted by atomic mass is 16.5. The van der Waals surface area contributed by atoms with Gasteiger partial charge in [-0.25, -0.2) is 0 Å². The Morgan fingerprint density at radius 1 is 1.54 bits per heavy atom. The van der Waals surface area contributed by atoms with E-state index in [-0.39, 0.29) is 26.2 Å². The van der Waals surface area contributed by atoms with Crippen molar-refractivity contribution in [1.82, 2.24) is 0 Å². The molecule has 0 bridgehead atoms. The van der Waals surface area contributed by atoms with Crippen molar-refractivity contribution in [3.63, 3.8) is 0 Å². The lowest BCUT2D eigenvalue weighted by Crippen LogP contribution is -2.50. The van der Waals surface area contributed by atoms with E-state index < -0.39 is 17.4 Å². The summed E-state index contributed by atoms with van der Waals surface area (Å²) in [5.41, 5.74) is -1.04. The molecule has 1 aliphatic rings. The van der Waals surface area contributed by atoms with Crippen molar-refractivity contribution in [3.8, 4) is 0 Å². The highest BCUT2D eigenvalue weighted by Gasteiger charge is 2.48. The third kappa shape index (κ3) is 1.98. The summed E-state index contributed by atoms with van der Waals surface area (Å²) in [4.78, 5) is 21.8. The van der Waals surface area contributed by atoms with Crippen LogP contribution in [0.5, 0.6) is 0 Å². The van der Waals surface area contributed by atoms with Gasteiger partial charge in [0.1, 0.15) is 5.41 Å². The van der Waals surface area contributed by atoms with E-state index >= 15 is 0 Å². The highest BCUT2D eigenvalue weighted by Crippen LogP contribution is 2.32. The summed E-state index contributed by atoms with van der Waals surface area (Å²) >= 11 is 0. The Hall–Kier alpha value is -1.10. The topological polar surface area (TPSA) is 72.8 Å². The minimum Gasteiger partial charge on any atom is -0.481 e. The van der Waals surface area contributed by atoms with Crippen LogP contribution in [0.25, 0.3) is 0 Å². The average Bonchev–Trinajstić information content (AvgIpc) is 1.96. The number of ether oxygens (including phenoxy) is 2. The summed E-state index contributed by atoms with van der Waals surface area (Å²) < 4.78 is 9.46. The molecule has 74 valence electrons. The maximum Gasteiger partial charge on any atom is 0.314 e. The molecule has 0 aromatic carbocycles. The molecule has 0 radical (unpaired) electrons. The minimum absolute atomic E-state index is 0.0984. The Balaban J connectivity index is 2.49. The standard InChI is InChI=1S/C8H12O5/c1-2-13-6(9)3-8(7(10)11)4-12-5-8/h2-5H2,1H3,(H,10,11). The van der Waals surface area contributed by atoms with Crippen LogP contribution < -0.4 is 0 Å². The molecule has 0 atom stereocenters. The summed E-state index contributed by atoms with van der Waals surface area (Å²) in [5.74, 6) is -1.47. The van der Waals surface area contributed by atoms with Crippen LogP contribution in [0.3, 0.4) is 0 Å². The van der Waals surface area contributed by atoms with E-state index in [2.05, 4.69) is 4.74 Å².